The van der Waals surface area contributed by atoms with Crippen LogP contribution >= 0.6 is 11.8 Å². The molecule has 0 saturated carbocycles. The SMILES string of the molecule is CSc1nc2nc(C)c(CC(=O)N3CCCN(Cc4ccc(C)cc4)CC3)c(C)n2n1. The van der Waals surface area contributed by atoms with E-state index >= 15 is 0 Å². The smallest absolute Gasteiger partial charge is 0.253 e. The molecule has 0 spiro atoms. The van der Waals surface area contributed by atoms with E-state index in [0.717, 1.165) is 56.1 Å². The third-order valence-corrected chi connectivity index (χ3v) is 6.55. The molecule has 31 heavy (non-hydrogen) atoms. The molecule has 3 aromatic rings. The van der Waals surface area contributed by atoms with Gasteiger partial charge in [0.15, 0.2) is 0 Å². The van der Waals surface area contributed by atoms with Gasteiger partial charge in [0.2, 0.25) is 11.1 Å². The third kappa shape index (κ3) is 4.91. The molecule has 164 valence electrons. The summed E-state index contributed by atoms with van der Waals surface area (Å²) in [5.41, 5.74) is 5.36. The van der Waals surface area contributed by atoms with E-state index in [0.29, 0.717) is 17.4 Å². The highest BCUT2D eigenvalue weighted by Gasteiger charge is 2.22. The number of carbonyl (C=O) groups is 1. The van der Waals surface area contributed by atoms with Crippen molar-refractivity contribution in [2.75, 3.05) is 32.4 Å². The zero-order valence-corrected chi connectivity index (χ0v) is 19.6. The minimum atomic E-state index is 0.162. The van der Waals surface area contributed by atoms with Crippen molar-refractivity contribution in [3.05, 3.63) is 52.3 Å². The maximum atomic E-state index is 13.2. The number of rotatable bonds is 5. The summed E-state index contributed by atoms with van der Waals surface area (Å²) in [6.07, 6.45) is 3.29. The highest BCUT2D eigenvalue weighted by Crippen LogP contribution is 2.18. The highest BCUT2D eigenvalue weighted by atomic mass is 32.2. The van der Waals surface area contributed by atoms with Crippen LogP contribution in [0.25, 0.3) is 5.78 Å². The van der Waals surface area contributed by atoms with Gasteiger partial charge in [-0.1, -0.05) is 41.6 Å². The standard InChI is InChI=1S/C23H30N6OS/c1-16-6-8-19(9-7-16)15-27-10-5-11-28(13-12-27)21(30)14-20-17(2)24-22-25-23(31-4)26-29(22)18(20)3/h6-9H,5,10-15H2,1-4H3. The second-order valence-corrected chi connectivity index (χ2v) is 9.02. The van der Waals surface area contributed by atoms with Crippen LogP contribution in [0.4, 0.5) is 0 Å². The van der Waals surface area contributed by atoms with Gasteiger partial charge in [0, 0.05) is 49.7 Å². The molecule has 1 fully saturated rings. The van der Waals surface area contributed by atoms with E-state index in [1.54, 1.807) is 4.52 Å². The molecular formula is C23H30N6OS. The molecule has 0 atom stereocenters. The van der Waals surface area contributed by atoms with Gasteiger partial charge in [0.05, 0.1) is 6.42 Å². The van der Waals surface area contributed by atoms with Gasteiger partial charge >= 0.3 is 0 Å². The third-order valence-electron chi connectivity index (χ3n) is 6.01. The summed E-state index contributed by atoms with van der Waals surface area (Å²) >= 11 is 1.49. The summed E-state index contributed by atoms with van der Waals surface area (Å²) in [4.78, 5) is 26.6. The summed E-state index contributed by atoms with van der Waals surface area (Å²) in [5.74, 6) is 0.756. The molecule has 1 saturated heterocycles. The second-order valence-electron chi connectivity index (χ2n) is 8.24. The minimum absolute atomic E-state index is 0.162. The Hall–Kier alpha value is -2.45. The number of fused-ring (bicyclic) bond motifs is 1. The van der Waals surface area contributed by atoms with Crippen molar-refractivity contribution >= 4 is 23.4 Å². The summed E-state index contributed by atoms with van der Waals surface area (Å²) in [6, 6.07) is 8.72. The van der Waals surface area contributed by atoms with E-state index in [4.69, 9.17) is 0 Å². The van der Waals surface area contributed by atoms with Gasteiger partial charge in [-0.25, -0.2) is 9.50 Å². The van der Waals surface area contributed by atoms with E-state index < -0.39 is 0 Å². The van der Waals surface area contributed by atoms with Crippen molar-refractivity contribution in [1.82, 2.24) is 29.4 Å². The zero-order valence-electron chi connectivity index (χ0n) is 18.8. The molecule has 3 heterocycles. The van der Waals surface area contributed by atoms with Crippen molar-refractivity contribution in [2.24, 2.45) is 0 Å². The van der Waals surface area contributed by atoms with Crippen LogP contribution in [-0.2, 0) is 17.8 Å². The molecule has 7 nitrogen and oxygen atoms in total. The average molecular weight is 439 g/mol. The lowest BCUT2D eigenvalue weighted by Crippen LogP contribution is -2.36. The van der Waals surface area contributed by atoms with Crippen LogP contribution in [0.15, 0.2) is 29.4 Å². The van der Waals surface area contributed by atoms with Crippen LogP contribution in [-0.4, -0.2) is 67.7 Å². The molecule has 0 radical (unpaired) electrons. The summed E-state index contributed by atoms with van der Waals surface area (Å²) < 4.78 is 1.76. The average Bonchev–Trinajstić information content (AvgIpc) is 3.03. The lowest BCUT2D eigenvalue weighted by Gasteiger charge is -2.23. The van der Waals surface area contributed by atoms with Crippen molar-refractivity contribution in [3.8, 4) is 0 Å². The summed E-state index contributed by atoms with van der Waals surface area (Å²) in [5, 5.41) is 5.19. The van der Waals surface area contributed by atoms with Gasteiger partial charge in [-0.05, 0) is 39.0 Å². The Morgan fingerprint density at radius 3 is 2.55 bits per heavy atom. The fourth-order valence-electron chi connectivity index (χ4n) is 4.13. The fourth-order valence-corrected chi connectivity index (χ4v) is 4.46. The molecule has 1 aliphatic rings. The lowest BCUT2D eigenvalue weighted by molar-refractivity contribution is -0.130. The number of carbonyl (C=O) groups excluding carboxylic acids is 1. The maximum absolute atomic E-state index is 13.2. The molecule has 0 bridgehead atoms. The largest absolute Gasteiger partial charge is 0.341 e. The molecule has 2 aromatic heterocycles. The summed E-state index contributed by atoms with van der Waals surface area (Å²) in [6.45, 7) is 10.5. The van der Waals surface area contributed by atoms with Crippen molar-refractivity contribution < 1.29 is 4.79 Å². The van der Waals surface area contributed by atoms with Crippen molar-refractivity contribution in [1.29, 1.82) is 0 Å². The molecule has 1 amide bonds. The van der Waals surface area contributed by atoms with Crippen LogP contribution in [0.2, 0.25) is 0 Å². The number of aryl methyl sites for hydroxylation is 3. The Morgan fingerprint density at radius 1 is 1.03 bits per heavy atom. The fraction of sp³-hybridized carbons (Fsp3) is 0.478. The number of amides is 1. The van der Waals surface area contributed by atoms with Crippen LogP contribution in [0.1, 0.15) is 34.5 Å². The van der Waals surface area contributed by atoms with Crippen LogP contribution in [0.3, 0.4) is 0 Å². The normalized spacial score (nSPS) is 15.4. The quantitative estimate of drug-likeness (QED) is 0.571. The zero-order chi connectivity index (χ0) is 22.0. The lowest BCUT2D eigenvalue weighted by atomic mass is 10.1. The molecule has 0 unspecified atom stereocenters. The number of hydrogen-bond donors (Lipinski definition) is 0. The van der Waals surface area contributed by atoms with Crippen molar-refractivity contribution in [2.45, 2.75) is 45.3 Å². The number of hydrogen-bond acceptors (Lipinski definition) is 6. The van der Waals surface area contributed by atoms with Crippen LogP contribution in [0, 0.1) is 20.8 Å². The van der Waals surface area contributed by atoms with E-state index in [2.05, 4.69) is 51.2 Å². The molecule has 1 aliphatic heterocycles. The van der Waals surface area contributed by atoms with Gasteiger partial charge in [0.25, 0.3) is 5.78 Å². The van der Waals surface area contributed by atoms with Gasteiger partial charge < -0.3 is 4.90 Å². The molecule has 4 rings (SSSR count). The Balaban J connectivity index is 1.42. The van der Waals surface area contributed by atoms with Crippen molar-refractivity contribution in [3.63, 3.8) is 0 Å². The molecule has 0 N–H and O–H groups in total. The van der Waals surface area contributed by atoms with Gasteiger partial charge in [0.1, 0.15) is 0 Å². The monoisotopic (exact) mass is 438 g/mol. The Morgan fingerprint density at radius 2 is 1.81 bits per heavy atom. The first-order valence-electron chi connectivity index (χ1n) is 10.8. The molecular weight excluding hydrogens is 408 g/mol. The number of benzene rings is 1. The molecule has 1 aromatic carbocycles. The minimum Gasteiger partial charge on any atom is -0.341 e. The molecule has 0 aliphatic carbocycles. The highest BCUT2D eigenvalue weighted by molar-refractivity contribution is 7.98. The topological polar surface area (TPSA) is 66.6 Å². The Bertz CT molecular complexity index is 1080. The van der Waals surface area contributed by atoms with E-state index in [9.17, 15) is 4.79 Å². The first-order chi connectivity index (χ1) is 14.9. The predicted octanol–water partition coefficient (Wildman–Crippen LogP) is 3.05. The van der Waals surface area contributed by atoms with Gasteiger partial charge in [-0.3, -0.25) is 9.69 Å². The number of aromatic nitrogens is 4. The first kappa shape index (κ1) is 21.8. The maximum Gasteiger partial charge on any atom is 0.253 e. The Labute approximate surface area is 187 Å². The Kier molecular flexibility index (Phi) is 6.57. The van der Waals surface area contributed by atoms with Crippen LogP contribution < -0.4 is 0 Å². The van der Waals surface area contributed by atoms with Gasteiger partial charge in [-0.2, -0.15) is 4.98 Å². The number of nitrogens with zero attached hydrogens (tertiary/aromatic N) is 6. The molecule has 8 heteroatoms. The predicted molar refractivity (Wildman–Crippen MR) is 123 cm³/mol. The summed E-state index contributed by atoms with van der Waals surface area (Å²) in [7, 11) is 0. The van der Waals surface area contributed by atoms with E-state index in [-0.39, 0.29) is 5.91 Å². The van der Waals surface area contributed by atoms with E-state index in [1.807, 2.05) is 25.0 Å². The first-order valence-corrected chi connectivity index (χ1v) is 12.0. The second kappa shape index (κ2) is 9.36. The van der Waals surface area contributed by atoms with Crippen LogP contribution in [0.5, 0.6) is 0 Å². The van der Waals surface area contributed by atoms with E-state index in [1.165, 1.54) is 22.9 Å². The number of thioether (sulfide) groups is 1. The van der Waals surface area contributed by atoms with Gasteiger partial charge in [-0.15, -0.1) is 5.10 Å².